The summed E-state index contributed by atoms with van der Waals surface area (Å²) in [6, 6.07) is 10.5. The van der Waals surface area contributed by atoms with Gasteiger partial charge in [-0.25, -0.2) is 0 Å². The van der Waals surface area contributed by atoms with Crippen LogP contribution in [0, 0.1) is 12.0 Å². The fraction of sp³-hybridized carbons (Fsp3) is 0.400. The molecule has 0 fully saturated rings. The van der Waals surface area contributed by atoms with Gasteiger partial charge in [-0.15, -0.1) is 0 Å². The molecule has 1 radical (unpaired) electrons. The van der Waals surface area contributed by atoms with Gasteiger partial charge in [-0.3, -0.25) is 10.3 Å². The van der Waals surface area contributed by atoms with E-state index in [1.54, 1.807) is 0 Å². The molecule has 0 heterocycles. The maximum Gasteiger partial charge on any atom is 0.0768 e. The summed E-state index contributed by atoms with van der Waals surface area (Å²) in [5.74, 6) is 0.549. The highest BCUT2D eigenvalue weighted by atomic mass is 16.6. The molecule has 1 aromatic rings. The van der Waals surface area contributed by atoms with Crippen LogP contribution in [0.25, 0.3) is 0 Å². The summed E-state index contributed by atoms with van der Waals surface area (Å²) in [5, 5.41) is 0. The molecule has 1 rings (SSSR count). The minimum atomic E-state index is 0.549. The Morgan fingerprint density at radius 2 is 2.08 bits per heavy atom. The van der Waals surface area contributed by atoms with Crippen LogP contribution in [0.2, 0.25) is 0 Å². The first-order valence-corrected chi connectivity index (χ1v) is 4.13. The van der Waals surface area contributed by atoms with Crippen molar-refractivity contribution in [2.24, 2.45) is 5.92 Å². The lowest BCUT2D eigenvalue weighted by Crippen LogP contribution is -2.07. The van der Waals surface area contributed by atoms with Crippen molar-refractivity contribution in [3.05, 3.63) is 30.3 Å². The van der Waals surface area contributed by atoms with Gasteiger partial charge in [-0.05, 0) is 24.1 Å². The van der Waals surface area contributed by atoms with E-state index in [2.05, 4.69) is 25.4 Å². The van der Waals surface area contributed by atoms with Crippen LogP contribution < -0.4 is 5.48 Å². The average molecular weight is 164 g/mol. The molecule has 65 valence electrons. The van der Waals surface area contributed by atoms with Crippen LogP contribution in [0.4, 0.5) is 5.69 Å². The molecule has 12 heavy (non-hydrogen) atoms. The molecule has 0 aliphatic heterocycles. The highest BCUT2D eigenvalue weighted by molar-refractivity contribution is 5.39. The van der Waals surface area contributed by atoms with Crippen molar-refractivity contribution in [3.63, 3.8) is 0 Å². The van der Waals surface area contributed by atoms with Gasteiger partial charge in [0.15, 0.2) is 0 Å². The summed E-state index contributed by atoms with van der Waals surface area (Å²) < 4.78 is 0. The van der Waals surface area contributed by atoms with Gasteiger partial charge in [-0.2, -0.15) is 0 Å². The van der Waals surface area contributed by atoms with E-state index in [1.165, 1.54) is 0 Å². The van der Waals surface area contributed by atoms with Gasteiger partial charge in [-0.1, -0.05) is 26.0 Å². The Bertz CT molecular complexity index is 208. The second-order valence-electron chi connectivity index (χ2n) is 3.10. The predicted molar refractivity (Wildman–Crippen MR) is 49.7 cm³/mol. The van der Waals surface area contributed by atoms with Crippen LogP contribution in [0.3, 0.4) is 0 Å². The van der Waals surface area contributed by atoms with Crippen molar-refractivity contribution in [2.75, 3.05) is 12.1 Å². The van der Waals surface area contributed by atoms with Crippen molar-refractivity contribution in [1.29, 1.82) is 0 Å². The zero-order valence-corrected chi connectivity index (χ0v) is 7.50. The molecule has 1 aromatic carbocycles. The van der Waals surface area contributed by atoms with E-state index in [1.807, 2.05) is 24.3 Å². The summed E-state index contributed by atoms with van der Waals surface area (Å²) in [5.41, 5.74) is 3.82. The second kappa shape index (κ2) is 4.78. The zero-order chi connectivity index (χ0) is 8.81. The first-order chi connectivity index (χ1) is 5.79. The Morgan fingerprint density at radius 3 is 2.67 bits per heavy atom. The third kappa shape index (κ3) is 3.39. The van der Waals surface area contributed by atoms with Gasteiger partial charge in [0.25, 0.3) is 0 Å². The minimum Gasteiger partial charge on any atom is -0.276 e. The molecule has 0 bridgehead atoms. The predicted octanol–water partition coefficient (Wildman–Crippen LogP) is 2.49. The molecule has 0 unspecified atom stereocenters. The minimum absolute atomic E-state index is 0.549. The number of anilines is 1. The zero-order valence-electron chi connectivity index (χ0n) is 7.50. The van der Waals surface area contributed by atoms with Crippen LogP contribution in [0.1, 0.15) is 13.8 Å². The molecule has 2 nitrogen and oxygen atoms in total. The summed E-state index contributed by atoms with van der Waals surface area (Å²) in [6.07, 6.45) is 0. The van der Waals surface area contributed by atoms with E-state index in [0.29, 0.717) is 5.92 Å². The first kappa shape index (κ1) is 9.07. The van der Waals surface area contributed by atoms with E-state index in [4.69, 9.17) is 4.84 Å². The van der Waals surface area contributed by atoms with Crippen molar-refractivity contribution >= 4 is 5.69 Å². The quantitative estimate of drug-likeness (QED) is 0.690. The lowest BCUT2D eigenvalue weighted by atomic mass is 10.2. The normalized spacial score (nSPS) is 10.2. The lowest BCUT2D eigenvalue weighted by Gasteiger charge is -2.07. The van der Waals surface area contributed by atoms with E-state index < -0.39 is 0 Å². The maximum atomic E-state index is 5.22. The van der Waals surface area contributed by atoms with E-state index in [-0.39, 0.29) is 0 Å². The molecule has 1 N–H and O–H groups in total. The number of hydrogen-bond donors (Lipinski definition) is 1. The third-order valence-corrected chi connectivity index (χ3v) is 1.32. The van der Waals surface area contributed by atoms with Crippen molar-refractivity contribution in [2.45, 2.75) is 13.8 Å². The number of hydrogen-bond acceptors (Lipinski definition) is 2. The highest BCUT2D eigenvalue weighted by Gasteiger charge is 1.93. The lowest BCUT2D eigenvalue weighted by molar-refractivity contribution is 0.163. The van der Waals surface area contributed by atoms with Crippen molar-refractivity contribution in [3.8, 4) is 0 Å². The Labute approximate surface area is 73.5 Å². The summed E-state index contributed by atoms with van der Waals surface area (Å²) in [6.45, 7) is 4.94. The van der Waals surface area contributed by atoms with Crippen molar-refractivity contribution < 1.29 is 4.84 Å². The molecule has 2 heteroatoms. The SMILES string of the molecule is CC(C)CONc1cc[c]cc1. The fourth-order valence-corrected chi connectivity index (χ4v) is 0.747. The van der Waals surface area contributed by atoms with Gasteiger partial charge in [0.2, 0.25) is 0 Å². The Kier molecular flexibility index (Phi) is 3.61. The Hall–Kier alpha value is -1.02. The van der Waals surface area contributed by atoms with Gasteiger partial charge >= 0.3 is 0 Å². The maximum absolute atomic E-state index is 5.22. The monoisotopic (exact) mass is 164 g/mol. The third-order valence-electron chi connectivity index (χ3n) is 1.32. The van der Waals surface area contributed by atoms with Gasteiger partial charge in [0, 0.05) is 0 Å². The summed E-state index contributed by atoms with van der Waals surface area (Å²) in [4.78, 5) is 5.22. The van der Waals surface area contributed by atoms with Crippen LogP contribution in [0.15, 0.2) is 24.3 Å². The topological polar surface area (TPSA) is 21.3 Å². The fourth-order valence-electron chi connectivity index (χ4n) is 0.747. The molecule has 0 aromatic heterocycles. The standard InChI is InChI=1S/C10H14NO/c1-9(2)8-12-11-10-6-4-3-5-7-10/h4-7,9,11H,8H2,1-2H3. The van der Waals surface area contributed by atoms with E-state index in [0.717, 1.165) is 12.3 Å². The molecule has 0 atom stereocenters. The molecular weight excluding hydrogens is 150 g/mol. The van der Waals surface area contributed by atoms with E-state index >= 15 is 0 Å². The Morgan fingerprint density at radius 1 is 1.42 bits per heavy atom. The van der Waals surface area contributed by atoms with Crippen LogP contribution in [-0.2, 0) is 4.84 Å². The average Bonchev–Trinajstić information content (AvgIpc) is 2.05. The van der Waals surface area contributed by atoms with Gasteiger partial charge in [0.05, 0.1) is 12.3 Å². The highest BCUT2D eigenvalue weighted by Crippen LogP contribution is 2.04. The Balaban J connectivity index is 2.25. The molecule has 0 aliphatic carbocycles. The van der Waals surface area contributed by atoms with Crippen LogP contribution in [-0.4, -0.2) is 6.61 Å². The number of rotatable bonds is 4. The molecule has 0 saturated carbocycles. The molecule has 0 aliphatic rings. The van der Waals surface area contributed by atoms with Gasteiger partial charge in [0.1, 0.15) is 0 Å². The van der Waals surface area contributed by atoms with E-state index in [9.17, 15) is 0 Å². The largest absolute Gasteiger partial charge is 0.276 e. The number of benzene rings is 1. The smallest absolute Gasteiger partial charge is 0.0768 e. The molecule has 0 saturated heterocycles. The van der Waals surface area contributed by atoms with Crippen molar-refractivity contribution in [1.82, 2.24) is 0 Å². The molecular formula is C10H14NO. The van der Waals surface area contributed by atoms with Gasteiger partial charge < -0.3 is 0 Å². The summed E-state index contributed by atoms with van der Waals surface area (Å²) in [7, 11) is 0. The number of nitrogens with one attached hydrogen (secondary N) is 1. The van der Waals surface area contributed by atoms with Crippen LogP contribution in [0.5, 0.6) is 0 Å². The first-order valence-electron chi connectivity index (χ1n) is 4.13. The van der Waals surface area contributed by atoms with Crippen LogP contribution >= 0.6 is 0 Å². The molecule has 0 spiro atoms. The summed E-state index contributed by atoms with van der Waals surface area (Å²) >= 11 is 0. The molecule has 0 amide bonds. The second-order valence-corrected chi connectivity index (χ2v) is 3.10.